The molecule has 386 valence electrons. The first-order valence-corrected chi connectivity index (χ1v) is 27.1. The number of nitrogens with two attached hydrogens (primary N) is 1. The molecule has 15 heteroatoms. The molecule has 9 aliphatic rings. The number of H-pyrrole nitrogens is 1. The smallest absolute Gasteiger partial charge is 0.310 e. The van der Waals surface area contributed by atoms with E-state index >= 15 is 0 Å². The molecule has 0 radical (unpaired) electrons. The lowest BCUT2D eigenvalue weighted by atomic mass is 9.22. The molecule has 1 spiro atoms. The summed E-state index contributed by atoms with van der Waals surface area (Å²) in [7, 11) is 0. The summed E-state index contributed by atoms with van der Waals surface area (Å²) in [5.41, 5.74) is 4.47. The first kappa shape index (κ1) is 50.1. The van der Waals surface area contributed by atoms with Crippen LogP contribution in [0.15, 0.2) is 24.2 Å². The second-order valence-electron chi connectivity index (χ2n) is 25.2. The maximum Gasteiger partial charge on any atom is 0.310 e. The van der Waals surface area contributed by atoms with Gasteiger partial charge in [0.05, 0.1) is 37.2 Å². The van der Waals surface area contributed by atoms with Gasteiger partial charge in [-0.2, -0.15) is 0 Å². The number of nitrogens with zero attached hydrogens (tertiary/aromatic N) is 1. The van der Waals surface area contributed by atoms with E-state index in [2.05, 4.69) is 42.1 Å². The molecule has 1 amide bonds. The van der Waals surface area contributed by atoms with Crippen LogP contribution in [0.5, 0.6) is 0 Å². The van der Waals surface area contributed by atoms with E-state index < -0.39 is 70.4 Å². The topological polar surface area (TPSA) is 261 Å². The van der Waals surface area contributed by atoms with E-state index in [1.807, 2.05) is 6.20 Å². The number of hydrogen-bond acceptors (Lipinski definition) is 12. The molecule has 69 heavy (non-hydrogen) atoms. The summed E-state index contributed by atoms with van der Waals surface area (Å²) in [5.74, 6) is -1.70. The van der Waals surface area contributed by atoms with Crippen molar-refractivity contribution in [1.82, 2.24) is 15.3 Å². The van der Waals surface area contributed by atoms with Crippen LogP contribution in [-0.4, -0.2) is 127 Å². The maximum absolute atomic E-state index is 14.0. The maximum atomic E-state index is 14.0. The number of carbonyl (C=O) groups excluding carboxylic acids is 1. The van der Waals surface area contributed by atoms with Gasteiger partial charge in [0.1, 0.15) is 18.3 Å². The highest BCUT2D eigenvalue weighted by Crippen LogP contribution is 2.86. The van der Waals surface area contributed by atoms with E-state index in [4.69, 9.17) is 15.2 Å². The first-order chi connectivity index (χ1) is 33.0. The molecule has 15 nitrogen and oxygen atoms in total. The van der Waals surface area contributed by atoms with Gasteiger partial charge in [0, 0.05) is 42.3 Å². The highest BCUT2D eigenvalue weighted by atomic mass is 16.7. The molecular weight excluding hydrogens is 881 g/mol. The van der Waals surface area contributed by atoms with E-state index in [1.165, 1.54) is 5.57 Å². The van der Waals surface area contributed by atoms with Gasteiger partial charge < -0.3 is 61.3 Å². The Morgan fingerprint density at radius 2 is 1.71 bits per heavy atom. The number of amides is 1. The molecule has 2 saturated heterocycles. The van der Waals surface area contributed by atoms with Gasteiger partial charge in [-0.15, -0.1) is 0 Å². The summed E-state index contributed by atoms with van der Waals surface area (Å²) in [6.45, 7) is 6.68. The molecule has 19 unspecified atom stereocenters. The van der Waals surface area contributed by atoms with Crippen LogP contribution in [-0.2, 0) is 19.1 Å². The van der Waals surface area contributed by atoms with Crippen LogP contribution in [0, 0.1) is 67.5 Å². The number of aromatic nitrogens is 2. The van der Waals surface area contributed by atoms with Gasteiger partial charge in [0.25, 0.3) is 0 Å². The van der Waals surface area contributed by atoms with Crippen molar-refractivity contribution in [2.24, 2.45) is 73.2 Å². The molecule has 1 aromatic rings. The molecule has 6 saturated carbocycles. The fourth-order valence-corrected chi connectivity index (χ4v) is 19.5. The van der Waals surface area contributed by atoms with Crippen molar-refractivity contribution >= 4 is 11.9 Å². The van der Waals surface area contributed by atoms with Gasteiger partial charge in [-0.3, -0.25) is 9.59 Å². The zero-order chi connectivity index (χ0) is 48.9. The molecule has 10 rings (SSSR count). The van der Waals surface area contributed by atoms with E-state index in [0.29, 0.717) is 38.6 Å². The summed E-state index contributed by atoms with van der Waals surface area (Å²) < 4.78 is 12.8. The van der Waals surface area contributed by atoms with Crippen molar-refractivity contribution in [3.8, 4) is 0 Å². The van der Waals surface area contributed by atoms with Crippen LogP contribution in [0.25, 0.3) is 0 Å². The zero-order valence-electron chi connectivity index (χ0n) is 41.5. The number of aromatic amines is 1. The highest BCUT2D eigenvalue weighted by Gasteiger charge is 2.82. The number of nitrogens with one attached hydrogen (secondary N) is 2. The quantitative estimate of drug-likeness (QED) is 0.0916. The Hall–Kier alpha value is -2.47. The Morgan fingerprint density at radius 3 is 2.41 bits per heavy atom. The number of ether oxygens (including phenoxy) is 2. The predicted molar refractivity (Wildman–Crippen MR) is 255 cm³/mol. The number of allylic oxidation sites excluding steroid dienone is 2. The molecule has 2 bridgehead atoms. The van der Waals surface area contributed by atoms with Gasteiger partial charge in [-0.05, 0) is 160 Å². The van der Waals surface area contributed by atoms with Gasteiger partial charge in [-0.25, -0.2) is 4.98 Å². The lowest BCUT2D eigenvalue weighted by Gasteiger charge is -2.82. The second-order valence-corrected chi connectivity index (χ2v) is 25.2. The Kier molecular flexibility index (Phi) is 13.2. The highest BCUT2D eigenvalue weighted by molar-refractivity contribution is 5.79. The van der Waals surface area contributed by atoms with Crippen LogP contribution in [0.4, 0.5) is 0 Å². The Morgan fingerprint density at radius 1 is 0.942 bits per heavy atom. The van der Waals surface area contributed by atoms with E-state index in [-0.39, 0.29) is 84.0 Å². The molecular formula is C54H84N4O11. The Labute approximate surface area is 408 Å². The fraction of sp³-hybridized carbons (Fsp3) is 0.870. The van der Waals surface area contributed by atoms with Crippen molar-refractivity contribution in [2.45, 2.75) is 198 Å². The SMILES string of the molecule is CC1(CO)CCC2(C(=O)O)CCC34CCCC5(CC=C3C2C1)C1(C2CCCCC2)C(CC2CC(=O)NC2C(CCCN)c2cnc[nH]2)C(O)C(OC2OCC(O)C(O)C2O)C(C)(CO)C1CCC45C. The Balaban J connectivity index is 1.18. The fourth-order valence-electron chi connectivity index (χ4n) is 19.5. The molecule has 1 aromatic heterocycles. The number of imidazole rings is 1. The van der Waals surface area contributed by atoms with Gasteiger partial charge in [0.15, 0.2) is 6.29 Å². The number of carboxylic acids is 1. The molecule has 11 N–H and O–H groups in total. The molecule has 7 aliphatic carbocycles. The van der Waals surface area contributed by atoms with Gasteiger partial charge >= 0.3 is 5.97 Å². The molecule has 2 aliphatic heterocycles. The van der Waals surface area contributed by atoms with Crippen molar-refractivity contribution in [1.29, 1.82) is 0 Å². The first-order valence-electron chi connectivity index (χ1n) is 27.1. The van der Waals surface area contributed by atoms with Crippen LogP contribution < -0.4 is 11.1 Å². The number of carboxylic acid groups (broad SMARTS) is 1. The molecule has 19 atom stereocenters. The average molecular weight is 965 g/mol. The van der Waals surface area contributed by atoms with Crippen molar-refractivity contribution in [3.63, 3.8) is 0 Å². The number of hydrogen-bond donors (Lipinski definition) is 10. The van der Waals surface area contributed by atoms with Crippen molar-refractivity contribution in [2.75, 3.05) is 26.4 Å². The predicted octanol–water partition coefficient (Wildman–Crippen LogP) is 5.07. The van der Waals surface area contributed by atoms with Crippen LogP contribution >= 0.6 is 0 Å². The lowest BCUT2D eigenvalue weighted by Crippen LogP contribution is -2.79. The van der Waals surface area contributed by atoms with Crippen LogP contribution in [0.3, 0.4) is 0 Å². The summed E-state index contributed by atoms with van der Waals surface area (Å²) in [6, 6.07) is -0.276. The minimum atomic E-state index is -1.60. The van der Waals surface area contributed by atoms with Crippen molar-refractivity contribution < 1.29 is 54.8 Å². The summed E-state index contributed by atoms with van der Waals surface area (Å²) >= 11 is 0. The summed E-state index contributed by atoms with van der Waals surface area (Å²) in [5, 5.41) is 84.5. The number of carbonyl (C=O) groups is 2. The summed E-state index contributed by atoms with van der Waals surface area (Å²) in [6.07, 6.45) is 13.8. The third kappa shape index (κ3) is 7.06. The second kappa shape index (κ2) is 18.2. The normalized spacial score (nSPS) is 49.1. The third-order valence-electron chi connectivity index (χ3n) is 22.7. The number of aliphatic hydroxyl groups excluding tert-OH is 6. The van der Waals surface area contributed by atoms with E-state index in [0.717, 1.165) is 95.6 Å². The third-order valence-corrected chi connectivity index (χ3v) is 22.7. The lowest BCUT2D eigenvalue weighted by molar-refractivity contribution is -0.373. The monoisotopic (exact) mass is 965 g/mol. The number of aliphatic hydroxyl groups is 6. The van der Waals surface area contributed by atoms with E-state index in [9.17, 15) is 45.3 Å². The molecule has 8 fully saturated rings. The number of rotatable bonds is 13. The average Bonchev–Trinajstić information content (AvgIpc) is 4.01. The largest absolute Gasteiger partial charge is 0.481 e. The van der Waals surface area contributed by atoms with E-state index in [1.54, 1.807) is 6.33 Å². The molecule has 3 heterocycles. The zero-order valence-corrected chi connectivity index (χ0v) is 41.5. The minimum absolute atomic E-state index is 0.0190. The Bertz CT molecular complexity index is 2090. The summed E-state index contributed by atoms with van der Waals surface area (Å²) in [4.78, 5) is 35.5. The minimum Gasteiger partial charge on any atom is -0.481 e. The van der Waals surface area contributed by atoms with Crippen LogP contribution in [0.1, 0.15) is 161 Å². The number of fused-ring (bicyclic) bond motifs is 3. The van der Waals surface area contributed by atoms with Crippen LogP contribution in [0.2, 0.25) is 0 Å². The van der Waals surface area contributed by atoms with Crippen molar-refractivity contribution in [3.05, 3.63) is 29.9 Å². The standard InChI is InChI=1S/C54H84N4O11/c1-48(28-59)18-19-51(47(66)67)20-21-52-14-8-15-53(17-12-34(52)36(51)25-48)50(52,3)16-13-39-49(2,29-60)45(69-46-44(65)43(64)38(61)27-68-46)42(63)35(54(39,53)32-9-5-4-6-10-32)23-31-24-40(62)58-41(31)33(11-7-22-55)37-26-56-30-57-37/h12,26,30-33,35-36,38-39,41-46,59-61,63-65H,4-11,13-25,27-29,55H2,1-3H3,(H,56,57)(H,58,62)(H,66,67). The molecule has 0 aromatic carbocycles. The van der Waals surface area contributed by atoms with Gasteiger partial charge in [0.2, 0.25) is 5.91 Å². The number of aliphatic carboxylic acids is 1. The van der Waals surface area contributed by atoms with Gasteiger partial charge in [-0.1, -0.05) is 58.1 Å².